The van der Waals surface area contributed by atoms with E-state index in [0.29, 0.717) is 22.0 Å². The van der Waals surface area contributed by atoms with Gasteiger partial charge in [-0.2, -0.15) is 4.73 Å². The first-order valence-electron chi connectivity index (χ1n) is 18.2. The number of carbonyl (C=O) groups is 4. The van der Waals surface area contributed by atoms with Crippen molar-refractivity contribution < 1.29 is 62.2 Å². The molecule has 0 bridgehead atoms. The maximum atomic E-state index is 12.4. The minimum absolute atomic E-state index is 0.0585. The van der Waals surface area contributed by atoms with E-state index in [9.17, 15) is 29.5 Å². The molecule has 9 atom stereocenters. The van der Waals surface area contributed by atoms with Crippen molar-refractivity contribution in [3.8, 4) is 0 Å². The van der Waals surface area contributed by atoms with Crippen LogP contribution >= 0.6 is 24.0 Å². The van der Waals surface area contributed by atoms with Gasteiger partial charge in [-0.15, -0.1) is 0 Å². The summed E-state index contributed by atoms with van der Waals surface area (Å²) in [4.78, 5) is 48.6. The molecule has 3 aromatic rings. The Morgan fingerprint density at radius 2 is 1.47 bits per heavy atom. The number of nitrogens with one attached hydrogen (secondary N) is 1. The molecule has 17 heteroatoms. The van der Waals surface area contributed by atoms with E-state index in [1.54, 1.807) is 30.3 Å². The lowest BCUT2D eigenvalue weighted by Gasteiger charge is -2.44. The first-order chi connectivity index (χ1) is 27.2. The maximum Gasteiger partial charge on any atom is 0.303 e. The normalized spacial score (nSPS) is 25.8. The van der Waals surface area contributed by atoms with Crippen LogP contribution in [0.3, 0.4) is 0 Å². The lowest BCUT2D eigenvalue weighted by molar-refractivity contribution is -0.645. The van der Waals surface area contributed by atoms with Gasteiger partial charge in [0, 0.05) is 69.2 Å². The highest BCUT2D eigenvalue weighted by Gasteiger charge is 2.52. The first kappa shape index (κ1) is 43.5. The predicted octanol–water partition coefficient (Wildman–Crippen LogP) is 4.65. The highest BCUT2D eigenvalue weighted by atomic mass is 32.2. The molecular formula is C40H46N2O13S2. The zero-order valence-electron chi connectivity index (χ0n) is 32.1. The van der Waals surface area contributed by atoms with Crippen molar-refractivity contribution in [2.75, 3.05) is 17.7 Å². The lowest BCUT2D eigenvalue weighted by Crippen LogP contribution is -2.62. The number of ether oxygens (including phenoxy) is 7. The van der Waals surface area contributed by atoms with Crippen LogP contribution in [0, 0.1) is 11.1 Å². The number of hydrogen-bond donors (Lipinski definition) is 2. The second-order valence-corrected chi connectivity index (χ2v) is 15.1. The number of aromatic nitrogens is 1. The molecule has 0 aliphatic carbocycles. The van der Waals surface area contributed by atoms with E-state index in [2.05, 4.69) is 5.32 Å². The van der Waals surface area contributed by atoms with Crippen LogP contribution in [0.25, 0.3) is 0 Å². The smallest absolute Gasteiger partial charge is 0.303 e. The summed E-state index contributed by atoms with van der Waals surface area (Å²) in [5.74, 6) is -2.45. The Morgan fingerprint density at radius 1 is 0.807 bits per heavy atom. The molecule has 0 spiro atoms. The summed E-state index contributed by atoms with van der Waals surface area (Å²) in [5.41, 5.74) is 2.92. The number of nitrogens with zero attached hydrogens (tertiary/aromatic N) is 1. The van der Waals surface area contributed by atoms with E-state index in [1.807, 2.05) is 43.3 Å². The van der Waals surface area contributed by atoms with Gasteiger partial charge in [0.15, 0.2) is 30.8 Å². The van der Waals surface area contributed by atoms with E-state index >= 15 is 0 Å². The Bertz CT molecular complexity index is 1900. The Labute approximate surface area is 339 Å². The molecule has 2 aliphatic heterocycles. The fourth-order valence-electron chi connectivity index (χ4n) is 6.64. The van der Waals surface area contributed by atoms with Gasteiger partial charge in [-0.25, -0.2) is 0 Å². The summed E-state index contributed by atoms with van der Waals surface area (Å²) in [6.45, 7) is 6.27. The standard InChI is InChI=1S/C40H46N2O13S2/c1-22-33(21-57-35-11-6-7-16-42(35)48)54-40(55-36(22)28-14-12-27(19-43)13-15-28)29-9-8-10-30(17-29)41-34(56)18-31-37(50-24(3)45)39(52-26(5)47)38(51-25(4)46)32(53-31)20-49-23(2)44/h6-17,22,31-33,36-40,43H,18-21H2,1-5H3,(H,41,56)/t22-,31-,32+,33+,36+,37-,38+,39+,40?/m0/s1. The largest absolute Gasteiger partial charge is 0.618 e. The minimum atomic E-state index is -1.32. The monoisotopic (exact) mass is 826 g/mol. The number of carbonyl (C=O) groups excluding carboxylic acids is 4. The van der Waals surface area contributed by atoms with Crippen molar-refractivity contribution in [1.82, 2.24) is 0 Å². The molecule has 0 saturated carbocycles. The van der Waals surface area contributed by atoms with Crippen LogP contribution < -0.4 is 10.0 Å². The molecule has 2 aliphatic rings. The predicted molar refractivity (Wildman–Crippen MR) is 208 cm³/mol. The average molecular weight is 827 g/mol. The van der Waals surface area contributed by atoms with E-state index in [-0.39, 0.29) is 36.6 Å². The zero-order chi connectivity index (χ0) is 41.2. The molecular weight excluding hydrogens is 781 g/mol. The van der Waals surface area contributed by atoms with Crippen LogP contribution in [0.2, 0.25) is 0 Å². The van der Waals surface area contributed by atoms with E-state index in [0.717, 1.165) is 29.7 Å². The first-order valence-corrected chi connectivity index (χ1v) is 19.6. The van der Waals surface area contributed by atoms with Crippen LogP contribution in [-0.2, 0) is 58.9 Å². The molecule has 2 saturated heterocycles. The fourth-order valence-corrected chi connectivity index (χ4v) is 8.00. The number of hydrogen-bond acceptors (Lipinski definition) is 15. The van der Waals surface area contributed by atoms with Gasteiger partial charge in [0.05, 0.1) is 23.8 Å². The fraction of sp³-hybridized carbons (Fsp3) is 0.450. The van der Waals surface area contributed by atoms with Gasteiger partial charge in [-0.3, -0.25) is 19.2 Å². The molecule has 0 amide bonds. The van der Waals surface area contributed by atoms with Crippen LogP contribution in [-0.4, -0.2) is 83.0 Å². The Balaban J connectivity index is 1.37. The van der Waals surface area contributed by atoms with Crippen molar-refractivity contribution in [1.29, 1.82) is 0 Å². The SMILES string of the molecule is CC(=O)OC[C@H]1O[C@@H](CC(=S)Nc2cccc(C3O[C@H](CSc4cccc[n+]4[O-])[C@H](C)[C@H](c4ccc(CO)cc4)O3)c2)[C@H](OC(C)=O)[C@@H](OC(C)=O)[C@@H]1OC(C)=O. The number of benzene rings is 2. The second-order valence-electron chi connectivity index (χ2n) is 13.6. The molecule has 15 nitrogen and oxygen atoms in total. The van der Waals surface area contributed by atoms with E-state index < -0.39 is 66.8 Å². The Morgan fingerprint density at radius 3 is 2.11 bits per heavy atom. The molecule has 2 fully saturated rings. The summed E-state index contributed by atoms with van der Waals surface area (Å²) in [6, 6.07) is 20.0. The van der Waals surface area contributed by atoms with Crippen molar-refractivity contribution in [2.45, 2.75) is 102 Å². The highest BCUT2D eigenvalue weighted by molar-refractivity contribution is 7.99. The topological polar surface area (TPSA) is 192 Å². The summed E-state index contributed by atoms with van der Waals surface area (Å²) in [7, 11) is 0. The van der Waals surface area contributed by atoms with Crippen molar-refractivity contribution in [3.05, 3.63) is 94.8 Å². The van der Waals surface area contributed by atoms with Gasteiger partial charge in [0.2, 0.25) is 0 Å². The molecule has 3 heterocycles. The van der Waals surface area contributed by atoms with Crippen LogP contribution in [0.1, 0.15) is 70.1 Å². The molecule has 0 radical (unpaired) electrons. The summed E-state index contributed by atoms with van der Waals surface area (Å²) < 4.78 is 42.0. The molecule has 57 heavy (non-hydrogen) atoms. The van der Waals surface area contributed by atoms with E-state index in [1.165, 1.54) is 31.8 Å². The molecule has 2 N–H and O–H groups in total. The number of aliphatic hydroxyl groups is 1. The molecule has 2 aromatic carbocycles. The minimum Gasteiger partial charge on any atom is -0.618 e. The van der Waals surface area contributed by atoms with Gasteiger partial charge in [0.1, 0.15) is 18.8 Å². The second kappa shape index (κ2) is 20.2. The van der Waals surface area contributed by atoms with Crippen LogP contribution in [0.15, 0.2) is 78.0 Å². The highest BCUT2D eigenvalue weighted by Crippen LogP contribution is 2.43. The molecule has 1 unspecified atom stereocenters. The van der Waals surface area contributed by atoms with Crippen molar-refractivity contribution in [3.63, 3.8) is 0 Å². The third kappa shape index (κ3) is 11.9. The van der Waals surface area contributed by atoms with Gasteiger partial charge >= 0.3 is 23.9 Å². The third-order valence-corrected chi connectivity index (χ3v) is 10.6. The lowest BCUT2D eigenvalue weighted by atomic mass is 9.91. The Kier molecular flexibility index (Phi) is 15.4. The maximum absolute atomic E-state index is 12.4. The number of thiocarbonyl (C=S) groups is 1. The van der Waals surface area contributed by atoms with Crippen LogP contribution in [0.4, 0.5) is 5.69 Å². The average Bonchev–Trinajstić information content (AvgIpc) is 3.16. The number of anilines is 1. The molecule has 1 aromatic heterocycles. The summed E-state index contributed by atoms with van der Waals surface area (Å²) in [6.07, 6.45) is -6.15. The number of thioether (sulfide) groups is 1. The van der Waals surface area contributed by atoms with Gasteiger partial charge in [-0.1, -0.05) is 67.3 Å². The zero-order valence-corrected chi connectivity index (χ0v) is 33.7. The summed E-state index contributed by atoms with van der Waals surface area (Å²) >= 11 is 7.15. The Hall–Kier alpha value is -4.65. The van der Waals surface area contributed by atoms with Crippen molar-refractivity contribution >= 4 is 58.5 Å². The van der Waals surface area contributed by atoms with Crippen LogP contribution in [0.5, 0.6) is 0 Å². The number of pyridine rings is 1. The molecule has 5 rings (SSSR count). The quantitative estimate of drug-likeness (QED) is 0.0570. The van der Waals surface area contributed by atoms with Gasteiger partial charge in [0.25, 0.3) is 5.03 Å². The van der Waals surface area contributed by atoms with Crippen molar-refractivity contribution in [2.24, 2.45) is 5.92 Å². The van der Waals surface area contributed by atoms with Gasteiger partial charge in [-0.05, 0) is 29.3 Å². The van der Waals surface area contributed by atoms with E-state index in [4.69, 9.17) is 45.4 Å². The van der Waals surface area contributed by atoms with Gasteiger partial charge < -0.3 is 48.8 Å². The number of rotatable bonds is 14. The summed E-state index contributed by atoms with van der Waals surface area (Å²) in [5, 5.41) is 25.8. The number of aliphatic hydroxyl groups excluding tert-OH is 1. The third-order valence-electron chi connectivity index (χ3n) is 9.22. The number of esters is 4. The molecule has 306 valence electrons.